The molecule has 29 heavy (non-hydrogen) atoms. The largest absolute Gasteiger partial charge is 0.497 e. The fraction of sp³-hybridized carbons (Fsp3) is 0.350. The lowest BCUT2D eigenvalue weighted by molar-refractivity contribution is -0.116. The summed E-state index contributed by atoms with van der Waals surface area (Å²) >= 11 is 1.59. The second-order valence-corrected chi connectivity index (χ2v) is 9.36. The summed E-state index contributed by atoms with van der Waals surface area (Å²) in [5.41, 5.74) is 0.871. The Balaban J connectivity index is 2.43. The smallest absolute Gasteiger partial charge is 0.248 e. The zero-order valence-electron chi connectivity index (χ0n) is 17.1. The molecule has 2 rings (SSSR count). The van der Waals surface area contributed by atoms with Gasteiger partial charge in [-0.25, -0.2) is 8.42 Å². The van der Waals surface area contributed by atoms with E-state index in [-0.39, 0.29) is 5.69 Å². The predicted octanol–water partition coefficient (Wildman–Crippen LogP) is 3.61. The molecule has 0 unspecified atom stereocenters. The highest BCUT2D eigenvalue weighted by Gasteiger charge is 2.32. The zero-order valence-corrected chi connectivity index (χ0v) is 18.8. The molecule has 0 spiro atoms. The molecule has 0 aliphatic rings. The third-order valence-electron chi connectivity index (χ3n) is 4.16. The van der Waals surface area contributed by atoms with Crippen LogP contribution in [0.15, 0.2) is 47.4 Å². The molecule has 0 aliphatic carbocycles. The number of sulfonamides is 1. The van der Waals surface area contributed by atoms with Crippen molar-refractivity contribution in [2.75, 3.05) is 35.9 Å². The van der Waals surface area contributed by atoms with Crippen molar-refractivity contribution in [1.29, 1.82) is 0 Å². The summed E-state index contributed by atoms with van der Waals surface area (Å²) in [7, 11) is -0.880. The van der Waals surface area contributed by atoms with Gasteiger partial charge < -0.3 is 14.8 Å². The molecule has 7 nitrogen and oxygen atoms in total. The Bertz CT molecular complexity index is 963. The SMILES string of the molecule is CCSc1ccccc1NC(=O)[C@@H](C)N(c1cc(OC)ccc1OC)S(C)(=O)=O. The lowest BCUT2D eigenvalue weighted by Gasteiger charge is -2.29. The Labute approximate surface area is 176 Å². The number of rotatable bonds is 9. The van der Waals surface area contributed by atoms with Crippen molar-refractivity contribution < 1.29 is 22.7 Å². The first-order valence-corrected chi connectivity index (χ1v) is 11.8. The highest BCUT2D eigenvalue weighted by molar-refractivity contribution is 7.99. The van der Waals surface area contributed by atoms with E-state index >= 15 is 0 Å². The number of ether oxygens (including phenoxy) is 2. The molecule has 0 saturated carbocycles. The van der Waals surface area contributed by atoms with Crippen LogP contribution in [0.1, 0.15) is 13.8 Å². The average molecular weight is 439 g/mol. The van der Waals surface area contributed by atoms with Crippen LogP contribution in [-0.4, -0.2) is 46.6 Å². The van der Waals surface area contributed by atoms with Gasteiger partial charge in [0.05, 0.1) is 31.9 Å². The highest BCUT2D eigenvalue weighted by Crippen LogP contribution is 2.35. The number of hydrogen-bond donors (Lipinski definition) is 1. The van der Waals surface area contributed by atoms with Gasteiger partial charge in [0.1, 0.15) is 17.5 Å². The number of para-hydroxylation sites is 1. The first kappa shape index (κ1) is 22.9. The maximum absolute atomic E-state index is 13.0. The summed E-state index contributed by atoms with van der Waals surface area (Å²) in [6.45, 7) is 3.55. The Morgan fingerprint density at radius 3 is 2.45 bits per heavy atom. The van der Waals surface area contributed by atoms with Gasteiger partial charge in [-0.2, -0.15) is 0 Å². The van der Waals surface area contributed by atoms with E-state index in [0.29, 0.717) is 17.2 Å². The molecule has 2 aromatic carbocycles. The molecule has 0 radical (unpaired) electrons. The minimum atomic E-state index is -3.80. The normalized spacial score (nSPS) is 12.2. The van der Waals surface area contributed by atoms with E-state index in [1.807, 2.05) is 25.1 Å². The van der Waals surface area contributed by atoms with Gasteiger partial charge in [0.25, 0.3) is 0 Å². The first-order chi connectivity index (χ1) is 13.7. The van der Waals surface area contributed by atoms with Crippen LogP contribution in [0.4, 0.5) is 11.4 Å². The van der Waals surface area contributed by atoms with Gasteiger partial charge in [-0.3, -0.25) is 9.10 Å². The molecule has 1 atom stereocenters. The fourth-order valence-corrected chi connectivity index (χ4v) is 4.77. The monoisotopic (exact) mass is 438 g/mol. The maximum Gasteiger partial charge on any atom is 0.248 e. The highest BCUT2D eigenvalue weighted by atomic mass is 32.2. The molecule has 0 fully saturated rings. The van der Waals surface area contributed by atoms with E-state index in [0.717, 1.165) is 21.2 Å². The van der Waals surface area contributed by atoms with Crippen molar-refractivity contribution in [3.8, 4) is 11.5 Å². The average Bonchev–Trinajstić information content (AvgIpc) is 2.68. The zero-order chi connectivity index (χ0) is 21.6. The number of anilines is 2. The number of carbonyl (C=O) groups excluding carboxylic acids is 1. The summed E-state index contributed by atoms with van der Waals surface area (Å²) in [6, 6.07) is 11.2. The van der Waals surface area contributed by atoms with Crippen LogP contribution in [0.25, 0.3) is 0 Å². The summed E-state index contributed by atoms with van der Waals surface area (Å²) in [5.74, 6) is 1.16. The molecule has 158 valence electrons. The van der Waals surface area contributed by atoms with Crippen LogP contribution in [0.2, 0.25) is 0 Å². The molecule has 0 aromatic heterocycles. The minimum Gasteiger partial charge on any atom is -0.497 e. The minimum absolute atomic E-state index is 0.230. The number of thioether (sulfide) groups is 1. The van der Waals surface area contributed by atoms with E-state index in [1.165, 1.54) is 27.2 Å². The van der Waals surface area contributed by atoms with Crippen LogP contribution in [0.5, 0.6) is 11.5 Å². The third-order valence-corrected chi connectivity index (χ3v) is 6.34. The second kappa shape index (κ2) is 9.89. The second-order valence-electron chi connectivity index (χ2n) is 6.19. The van der Waals surface area contributed by atoms with E-state index in [9.17, 15) is 13.2 Å². The number of benzene rings is 2. The summed E-state index contributed by atoms with van der Waals surface area (Å²) < 4.78 is 36.8. The van der Waals surface area contributed by atoms with Crippen LogP contribution in [-0.2, 0) is 14.8 Å². The van der Waals surface area contributed by atoms with Crippen LogP contribution in [0, 0.1) is 0 Å². The topological polar surface area (TPSA) is 84.9 Å². The molecular weight excluding hydrogens is 412 g/mol. The van der Waals surface area contributed by atoms with Gasteiger partial charge in [0.15, 0.2) is 0 Å². The standard InChI is InChI=1S/C20H26N2O5S2/c1-6-28-19-10-8-7-9-16(19)21-20(23)14(2)22(29(5,24)25)17-13-15(26-3)11-12-18(17)27-4/h7-14H,6H2,1-5H3,(H,21,23)/t14-/m1/s1. The molecule has 0 aliphatic heterocycles. The van der Waals surface area contributed by atoms with Gasteiger partial charge >= 0.3 is 0 Å². The lowest BCUT2D eigenvalue weighted by atomic mass is 10.2. The predicted molar refractivity (Wildman–Crippen MR) is 118 cm³/mol. The first-order valence-electron chi connectivity index (χ1n) is 8.97. The number of methoxy groups -OCH3 is 2. The fourth-order valence-electron chi connectivity index (χ4n) is 2.84. The van der Waals surface area contributed by atoms with Gasteiger partial charge in [0.2, 0.25) is 15.9 Å². The number of carbonyl (C=O) groups is 1. The molecule has 2 aromatic rings. The summed E-state index contributed by atoms with van der Waals surface area (Å²) in [6.07, 6.45) is 1.05. The maximum atomic E-state index is 13.0. The van der Waals surface area contributed by atoms with E-state index in [2.05, 4.69) is 5.32 Å². The molecule has 0 bridgehead atoms. The van der Waals surface area contributed by atoms with E-state index < -0.39 is 22.0 Å². The van der Waals surface area contributed by atoms with Gasteiger partial charge in [-0.15, -0.1) is 11.8 Å². The van der Waals surface area contributed by atoms with Crippen LogP contribution < -0.4 is 19.1 Å². The molecule has 9 heteroatoms. The van der Waals surface area contributed by atoms with E-state index in [1.54, 1.807) is 30.0 Å². The number of nitrogens with one attached hydrogen (secondary N) is 1. The van der Waals surface area contributed by atoms with Gasteiger partial charge in [-0.05, 0) is 36.9 Å². The van der Waals surface area contributed by atoms with Crippen molar-refractivity contribution in [2.45, 2.75) is 24.8 Å². The number of amides is 1. The Kier molecular flexibility index (Phi) is 7.80. The molecular formula is C20H26N2O5S2. The Hall–Kier alpha value is -2.39. The molecule has 0 saturated heterocycles. The van der Waals surface area contributed by atoms with Crippen molar-refractivity contribution in [1.82, 2.24) is 0 Å². The van der Waals surface area contributed by atoms with Crippen molar-refractivity contribution >= 4 is 39.1 Å². The van der Waals surface area contributed by atoms with Crippen LogP contribution in [0.3, 0.4) is 0 Å². The summed E-state index contributed by atoms with van der Waals surface area (Å²) in [4.78, 5) is 13.9. The summed E-state index contributed by atoms with van der Waals surface area (Å²) in [5, 5.41) is 2.85. The van der Waals surface area contributed by atoms with Crippen molar-refractivity contribution in [2.24, 2.45) is 0 Å². The van der Waals surface area contributed by atoms with Crippen molar-refractivity contribution in [3.05, 3.63) is 42.5 Å². The number of nitrogens with zero attached hydrogens (tertiary/aromatic N) is 1. The van der Waals surface area contributed by atoms with Crippen molar-refractivity contribution in [3.63, 3.8) is 0 Å². The van der Waals surface area contributed by atoms with Gasteiger partial charge in [0, 0.05) is 11.0 Å². The Morgan fingerprint density at radius 2 is 1.86 bits per heavy atom. The molecule has 1 amide bonds. The van der Waals surface area contributed by atoms with Crippen LogP contribution >= 0.6 is 11.8 Å². The number of hydrogen-bond acceptors (Lipinski definition) is 6. The third kappa shape index (κ3) is 5.57. The quantitative estimate of drug-likeness (QED) is 0.602. The van der Waals surface area contributed by atoms with Gasteiger partial charge in [-0.1, -0.05) is 19.1 Å². The molecule has 1 N–H and O–H groups in total. The van der Waals surface area contributed by atoms with E-state index in [4.69, 9.17) is 9.47 Å². The lowest BCUT2D eigenvalue weighted by Crippen LogP contribution is -2.45. The molecule has 0 heterocycles. The Morgan fingerprint density at radius 1 is 1.17 bits per heavy atom.